The number of ether oxygens (including phenoxy) is 1. The van der Waals surface area contributed by atoms with Gasteiger partial charge in [-0.1, -0.05) is 0 Å². The van der Waals surface area contributed by atoms with E-state index in [4.69, 9.17) is 21.5 Å². The van der Waals surface area contributed by atoms with Crippen LogP contribution in [0.1, 0.15) is 10.8 Å². The van der Waals surface area contributed by atoms with Gasteiger partial charge >= 0.3 is 0 Å². The first kappa shape index (κ1) is 12.7. The number of nitrogens with two attached hydrogens (primary N) is 2. The van der Waals surface area contributed by atoms with Crippen molar-refractivity contribution in [2.24, 2.45) is 11.5 Å². The smallest absolute Gasteiger partial charge is 0.201 e. The van der Waals surface area contributed by atoms with Crippen molar-refractivity contribution in [3.63, 3.8) is 0 Å². The van der Waals surface area contributed by atoms with E-state index in [1.807, 2.05) is 6.07 Å². The first-order valence-corrected chi connectivity index (χ1v) is 6.39. The molecule has 0 bridgehead atoms. The lowest BCUT2D eigenvalue weighted by molar-refractivity contribution is 0.340. The van der Waals surface area contributed by atoms with E-state index in [0.717, 1.165) is 0 Å². The predicted molar refractivity (Wildman–Crippen MR) is 75.4 cm³/mol. The van der Waals surface area contributed by atoms with Gasteiger partial charge in [0, 0.05) is 5.56 Å². The number of phenols is 1. The number of hydrogen-bond donors (Lipinski definition) is 5. The van der Waals surface area contributed by atoms with Gasteiger partial charge in [-0.2, -0.15) is 17.9 Å². The molecule has 0 aliphatic carbocycles. The van der Waals surface area contributed by atoms with Crippen molar-refractivity contribution in [1.29, 1.82) is 5.26 Å². The Labute approximate surface area is 120 Å². The molecule has 2 aliphatic heterocycles. The summed E-state index contributed by atoms with van der Waals surface area (Å²) in [4.78, 5) is 0. The third-order valence-electron chi connectivity index (χ3n) is 3.32. The molecule has 1 aromatic rings. The number of nitrogens with zero attached hydrogens (tertiary/aromatic N) is 1. The maximum absolute atomic E-state index is 9.57. The first-order chi connectivity index (χ1) is 9.52. The van der Waals surface area contributed by atoms with Crippen LogP contribution in [0.15, 0.2) is 40.9 Å². The third-order valence-corrected chi connectivity index (χ3v) is 3.85. The van der Waals surface area contributed by atoms with Gasteiger partial charge in [0.1, 0.15) is 23.7 Å². The number of dihydropyridines is 1. The highest BCUT2D eigenvalue weighted by Crippen LogP contribution is 2.45. The minimum Gasteiger partial charge on any atom is -0.508 e. The van der Waals surface area contributed by atoms with Gasteiger partial charge in [0.05, 0.1) is 22.1 Å². The van der Waals surface area contributed by atoms with Crippen molar-refractivity contribution in [2.75, 3.05) is 0 Å². The SMILES string of the molecule is N#CC1=C(N)C2=C(NC1N)Oc1ccc(O)cc1C2S. The Morgan fingerprint density at radius 1 is 1.45 bits per heavy atom. The third kappa shape index (κ3) is 1.70. The molecular weight excluding hydrogens is 276 g/mol. The number of aromatic hydroxyl groups is 1. The molecule has 0 fully saturated rings. The fraction of sp³-hybridized carbons (Fsp3) is 0.154. The zero-order valence-electron chi connectivity index (χ0n) is 10.3. The second-order valence-corrected chi connectivity index (χ2v) is 5.05. The van der Waals surface area contributed by atoms with Crippen LogP contribution < -0.4 is 21.5 Å². The average molecular weight is 288 g/mol. The summed E-state index contributed by atoms with van der Waals surface area (Å²) in [7, 11) is 0. The van der Waals surface area contributed by atoms with Gasteiger partial charge in [-0.3, -0.25) is 0 Å². The molecule has 1 aromatic carbocycles. The van der Waals surface area contributed by atoms with Crippen molar-refractivity contribution in [2.45, 2.75) is 11.4 Å². The number of nitrogens with one attached hydrogen (secondary N) is 1. The number of thiol groups is 1. The molecule has 2 heterocycles. The molecule has 0 aromatic heterocycles. The van der Waals surface area contributed by atoms with Gasteiger partial charge in [-0.15, -0.1) is 0 Å². The largest absolute Gasteiger partial charge is 0.508 e. The van der Waals surface area contributed by atoms with E-state index in [1.54, 1.807) is 12.1 Å². The Hall–Kier alpha value is -2.30. The number of allylic oxidation sites excluding steroid dienone is 1. The lowest BCUT2D eigenvalue weighted by atomic mass is 9.93. The highest BCUT2D eigenvalue weighted by molar-refractivity contribution is 7.80. The summed E-state index contributed by atoms with van der Waals surface area (Å²) < 4.78 is 5.70. The van der Waals surface area contributed by atoms with Gasteiger partial charge in [-0.25, -0.2) is 0 Å². The fourth-order valence-electron chi connectivity index (χ4n) is 2.32. The zero-order chi connectivity index (χ0) is 14.4. The maximum Gasteiger partial charge on any atom is 0.201 e. The zero-order valence-corrected chi connectivity index (χ0v) is 11.2. The molecular formula is C13H12N4O2S. The van der Waals surface area contributed by atoms with Crippen LogP contribution in [0.4, 0.5) is 0 Å². The van der Waals surface area contributed by atoms with Gasteiger partial charge in [0.25, 0.3) is 0 Å². The Morgan fingerprint density at radius 3 is 2.90 bits per heavy atom. The molecule has 0 saturated heterocycles. The molecule has 102 valence electrons. The number of hydrogen-bond acceptors (Lipinski definition) is 7. The second-order valence-electron chi connectivity index (χ2n) is 4.53. The van der Waals surface area contributed by atoms with E-state index in [2.05, 4.69) is 17.9 Å². The molecule has 0 amide bonds. The van der Waals surface area contributed by atoms with Gasteiger partial charge in [-0.05, 0) is 18.2 Å². The van der Waals surface area contributed by atoms with E-state index in [9.17, 15) is 5.11 Å². The van der Waals surface area contributed by atoms with Crippen molar-refractivity contribution in [3.05, 3.63) is 46.5 Å². The van der Waals surface area contributed by atoms with Crippen LogP contribution in [0.5, 0.6) is 11.5 Å². The summed E-state index contributed by atoms with van der Waals surface area (Å²) in [6.07, 6.45) is -0.710. The van der Waals surface area contributed by atoms with Crippen LogP contribution in [0.3, 0.4) is 0 Å². The summed E-state index contributed by atoms with van der Waals surface area (Å²) in [6, 6.07) is 6.71. The van der Waals surface area contributed by atoms with Gasteiger partial charge < -0.3 is 26.6 Å². The van der Waals surface area contributed by atoms with Gasteiger partial charge in [0.2, 0.25) is 5.88 Å². The highest BCUT2D eigenvalue weighted by Gasteiger charge is 2.35. The monoisotopic (exact) mass is 288 g/mol. The van der Waals surface area contributed by atoms with Crippen LogP contribution in [-0.4, -0.2) is 11.3 Å². The molecule has 7 heteroatoms. The second kappa shape index (κ2) is 4.37. The fourth-order valence-corrected chi connectivity index (χ4v) is 2.78. The average Bonchev–Trinajstić information content (AvgIpc) is 2.40. The molecule has 0 saturated carbocycles. The van der Waals surface area contributed by atoms with Gasteiger partial charge in [0.15, 0.2) is 0 Å². The summed E-state index contributed by atoms with van der Waals surface area (Å²) in [6.45, 7) is 0. The van der Waals surface area contributed by atoms with Crippen LogP contribution >= 0.6 is 12.6 Å². The molecule has 20 heavy (non-hydrogen) atoms. The van der Waals surface area contributed by atoms with Crippen molar-refractivity contribution in [3.8, 4) is 17.6 Å². The van der Waals surface area contributed by atoms with Crippen LogP contribution in [0, 0.1) is 11.3 Å². The minimum atomic E-state index is -0.710. The van der Waals surface area contributed by atoms with E-state index in [1.165, 1.54) is 6.07 Å². The molecule has 0 radical (unpaired) electrons. The highest BCUT2D eigenvalue weighted by atomic mass is 32.1. The van der Waals surface area contributed by atoms with E-state index in [-0.39, 0.29) is 17.0 Å². The lowest BCUT2D eigenvalue weighted by Crippen LogP contribution is -2.46. The van der Waals surface area contributed by atoms with Crippen LogP contribution in [0.2, 0.25) is 0 Å². The number of fused-ring (bicyclic) bond motifs is 1. The lowest BCUT2D eigenvalue weighted by Gasteiger charge is -2.34. The molecule has 6 nitrogen and oxygen atoms in total. The van der Waals surface area contributed by atoms with E-state index >= 15 is 0 Å². The number of phenolic OH excluding ortho intramolecular Hbond substituents is 1. The molecule has 2 atom stereocenters. The normalized spacial score (nSPS) is 24.2. The first-order valence-electron chi connectivity index (χ1n) is 5.88. The predicted octanol–water partition coefficient (Wildman–Crippen LogP) is 0.591. The Balaban J connectivity index is 2.15. The molecule has 2 aliphatic rings. The van der Waals surface area contributed by atoms with Crippen molar-refractivity contribution < 1.29 is 9.84 Å². The molecule has 3 rings (SSSR count). The Morgan fingerprint density at radius 2 is 2.20 bits per heavy atom. The number of nitriles is 1. The van der Waals surface area contributed by atoms with E-state index < -0.39 is 11.4 Å². The summed E-state index contributed by atoms with van der Waals surface area (Å²) in [5.74, 6) is 1.07. The summed E-state index contributed by atoms with van der Waals surface area (Å²) in [5, 5.41) is 21.2. The number of benzene rings is 1. The Kier molecular flexibility index (Phi) is 2.78. The number of rotatable bonds is 0. The van der Waals surface area contributed by atoms with Crippen LogP contribution in [0.25, 0.3) is 0 Å². The quantitative estimate of drug-likeness (QED) is 0.446. The summed E-state index contributed by atoms with van der Waals surface area (Å²) >= 11 is 4.52. The van der Waals surface area contributed by atoms with Crippen molar-refractivity contribution >= 4 is 12.6 Å². The van der Waals surface area contributed by atoms with Crippen molar-refractivity contribution in [1.82, 2.24) is 5.32 Å². The minimum absolute atomic E-state index is 0.110. The van der Waals surface area contributed by atoms with E-state index in [0.29, 0.717) is 22.8 Å². The molecule has 0 spiro atoms. The maximum atomic E-state index is 9.57. The summed E-state index contributed by atoms with van der Waals surface area (Å²) in [5.41, 5.74) is 13.6. The molecule has 6 N–H and O–H groups in total. The topological polar surface area (TPSA) is 117 Å². The standard InChI is InChI=1S/C13H12N4O2S/c14-4-7-10(15)9-11(20)6-3-5(18)1-2-8(6)19-13(9)17-12(7)16/h1-3,11-12,17-18,20H,15-16H2. The van der Waals surface area contributed by atoms with Crippen LogP contribution in [-0.2, 0) is 0 Å². The Bertz CT molecular complexity index is 705. The molecule has 2 unspecified atom stereocenters.